The Balaban J connectivity index is 2.25. The molecule has 0 fully saturated rings. The average Bonchev–Trinajstić information content (AvgIpc) is 2.46. The molecule has 1 N–H and O–H groups in total. The topological polar surface area (TPSA) is 77.2 Å². The van der Waals surface area contributed by atoms with E-state index in [4.69, 9.17) is 10.4 Å². The van der Waals surface area contributed by atoms with Gasteiger partial charge in [0, 0.05) is 12.7 Å². The smallest absolute Gasteiger partial charge is 0.335 e. The van der Waals surface area contributed by atoms with Crippen LogP contribution in [0.3, 0.4) is 0 Å². The van der Waals surface area contributed by atoms with Crippen LogP contribution in [0.25, 0.3) is 0 Å². The molecule has 0 aliphatic rings. The van der Waals surface area contributed by atoms with Crippen LogP contribution in [-0.4, -0.2) is 23.1 Å². The van der Waals surface area contributed by atoms with Crippen molar-refractivity contribution in [3.8, 4) is 6.07 Å². The molecular formula is C14H11N3O2. The summed E-state index contributed by atoms with van der Waals surface area (Å²) in [6, 6.07) is 11.9. The number of carboxylic acids is 1. The number of carboxylic acid groups (broad SMARTS) is 1. The van der Waals surface area contributed by atoms with Crippen LogP contribution in [-0.2, 0) is 0 Å². The van der Waals surface area contributed by atoms with Gasteiger partial charge in [0.1, 0.15) is 11.8 Å². The Kier molecular flexibility index (Phi) is 3.44. The normalized spacial score (nSPS) is 9.68. The molecule has 19 heavy (non-hydrogen) atoms. The number of aromatic nitrogens is 1. The Morgan fingerprint density at radius 1 is 1.21 bits per heavy atom. The summed E-state index contributed by atoms with van der Waals surface area (Å²) in [5.74, 6) is -0.950. The number of nitrogens with zero attached hydrogens (tertiary/aromatic N) is 3. The monoisotopic (exact) mass is 253 g/mol. The molecule has 0 amide bonds. The minimum absolute atomic E-state index is 0.245. The Morgan fingerprint density at radius 2 is 1.84 bits per heavy atom. The Labute approximate surface area is 110 Å². The lowest BCUT2D eigenvalue weighted by molar-refractivity contribution is 0.0697. The van der Waals surface area contributed by atoms with E-state index in [1.54, 1.807) is 42.6 Å². The number of hydrogen-bond acceptors (Lipinski definition) is 4. The summed E-state index contributed by atoms with van der Waals surface area (Å²) >= 11 is 0. The molecular weight excluding hydrogens is 242 g/mol. The molecule has 2 rings (SSSR count). The fourth-order valence-corrected chi connectivity index (χ4v) is 1.63. The Morgan fingerprint density at radius 3 is 2.32 bits per heavy atom. The van der Waals surface area contributed by atoms with Crippen LogP contribution in [0.5, 0.6) is 0 Å². The number of rotatable bonds is 3. The van der Waals surface area contributed by atoms with Gasteiger partial charge >= 0.3 is 5.97 Å². The zero-order chi connectivity index (χ0) is 13.8. The molecule has 0 atom stereocenters. The van der Waals surface area contributed by atoms with Gasteiger partial charge in [-0.25, -0.2) is 9.78 Å². The number of pyridine rings is 1. The van der Waals surface area contributed by atoms with E-state index in [9.17, 15) is 4.79 Å². The SMILES string of the molecule is CN(c1ccc(C(=O)O)cc1)c1ccc(C#N)nc1. The van der Waals surface area contributed by atoms with Crippen molar-refractivity contribution in [1.29, 1.82) is 5.26 Å². The fraction of sp³-hybridized carbons (Fsp3) is 0.0714. The van der Waals surface area contributed by atoms with Gasteiger partial charge in [0.15, 0.2) is 0 Å². The molecule has 94 valence electrons. The molecule has 0 aliphatic heterocycles. The first-order chi connectivity index (χ1) is 9.11. The van der Waals surface area contributed by atoms with Crippen molar-refractivity contribution in [2.24, 2.45) is 0 Å². The van der Waals surface area contributed by atoms with Crippen molar-refractivity contribution in [2.75, 3.05) is 11.9 Å². The van der Waals surface area contributed by atoms with Crippen LogP contribution < -0.4 is 4.90 Å². The van der Waals surface area contributed by atoms with Gasteiger partial charge in [0.25, 0.3) is 0 Å². The summed E-state index contributed by atoms with van der Waals surface area (Å²) in [6.07, 6.45) is 1.60. The van der Waals surface area contributed by atoms with Crippen molar-refractivity contribution < 1.29 is 9.90 Å². The molecule has 1 aromatic carbocycles. The van der Waals surface area contributed by atoms with E-state index >= 15 is 0 Å². The molecule has 1 heterocycles. The van der Waals surface area contributed by atoms with Crippen molar-refractivity contribution in [3.63, 3.8) is 0 Å². The van der Waals surface area contributed by atoms with Gasteiger partial charge in [-0.3, -0.25) is 0 Å². The molecule has 0 saturated carbocycles. The predicted octanol–water partition coefficient (Wildman–Crippen LogP) is 2.42. The minimum atomic E-state index is -0.950. The van der Waals surface area contributed by atoms with Gasteiger partial charge in [0.05, 0.1) is 17.4 Å². The molecule has 0 saturated heterocycles. The number of carbonyl (C=O) groups is 1. The molecule has 0 aliphatic carbocycles. The van der Waals surface area contributed by atoms with Crippen molar-refractivity contribution >= 4 is 17.3 Å². The van der Waals surface area contributed by atoms with Crippen molar-refractivity contribution in [2.45, 2.75) is 0 Å². The second-order valence-corrected chi connectivity index (χ2v) is 3.92. The first-order valence-corrected chi connectivity index (χ1v) is 5.55. The lowest BCUT2D eigenvalue weighted by Crippen LogP contribution is -2.10. The zero-order valence-corrected chi connectivity index (χ0v) is 10.2. The minimum Gasteiger partial charge on any atom is -0.478 e. The summed E-state index contributed by atoms with van der Waals surface area (Å²) in [7, 11) is 1.85. The van der Waals surface area contributed by atoms with E-state index in [0.717, 1.165) is 11.4 Å². The first-order valence-electron chi connectivity index (χ1n) is 5.55. The average molecular weight is 253 g/mol. The quantitative estimate of drug-likeness (QED) is 0.908. The zero-order valence-electron chi connectivity index (χ0n) is 10.2. The largest absolute Gasteiger partial charge is 0.478 e. The third kappa shape index (κ3) is 2.69. The van der Waals surface area contributed by atoms with Crippen molar-refractivity contribution in [1.82, 2.24) is 4.98 Å². The maximum absolute atomic E-state index is 10.8. The van der Waals surface area contributed by atoms with E-state index in [0.29, 0.717) is 5.69 Å². The first kappa shape index (κ1) is 12.6. The molecule has 0 radical (unpaired) electrons. The second-order valence-electron chi connectivity index (χ2n) is 3.92. The molecule has 5 nitrogen and oxygen atoms in total. The fourth-order valence-electron chi connectivity index (χ4n) is 1.63. The molecule has 1 aromatic heterocycles. The highest BCUT2D eigenvalue weighted by Gasteiger charge is 2.06. The van der Waals surface area contributed by atoms with Gasteiger partial charge in [-0.2, -0.15) is 5.26 Å². The van der Waals surface area contributed by atoms with Gasteiger partial charge in [-0.1, -0.05) is 0 Å². The number of aromatic carboxylic acids is 1. The van der Waals surface area contributed by atoms with Crippen LogP contribution >= 0.6 is 0 Å². The van der Waals surface area contributed by atoms with Crippen LogP contribution in [0, 0.1) is 11.3 Å². The maximum Gasteiger partial charge on any atom is 0.335 e. The van der Waals surface area contributed by atoms with Crippen LogP contribution in [0.15, 0.2) is 42.6 Å². The van der Waals surface area contributed by atoms with E-state index in [1.807, 2.05) is 18.0 Å². The highest BCUT2D eigenvalue weighted by Crippen LogP contribution is 2.23. The van der Waals surface area contributed by atoms with Gasteiger partial charge < -0.3 is 10.0 Å². The standard InChI is InChI=1S/C14H11N3O2/c1-17(13-7-4-11(8-15)16-9-13)12-5-2-10(3-6-12)14(18)19/h2-7,9H,1H3,(H,18,19). The van der Waals surface area contributed by atoms with Gasteiger partial charge in [-0.05, 0) is 36.4 Å². The van der Waals surface area contributed by atoms with E-state index in [-0.39, 0.29) is 5.56 Å². The Hall–Kier alpha value is -2.87. The number of hydrogen-bond donors (Lipinski definition) is 1. The third-order valence-electron chi connectivity index (χ3n) is 2.75. The van der Waals surface area contributed by atoms with Crippen molar-refractivity contribution in [3.05, 3.63) is 53.9 Å². The number of anilines is 2. The highest BCUT2D eigenvalue weighted by molar-refractivity contribution is 5.88. The predicted molar refractivity (Wildman–Crippen MR) is 70.4 cm³/mol. The van der Waals surface area contributed by atoms with Crippen LogP contribution in [0.2, 0.25) is 0 Å². The number of benzene rings is 1. The summed E-state index contributed by atoms with van der Waals surface area (Å²) in [5.41, 5.74) is 2.27. The number of nitriles is 1. The molecule has 5 heteroatoms. The van der Waals surface area contributed by atoms with Crippen LogP contribution in [0.1, 0.15) is 16.1 Å². The summed E-state index contributed by atoms with van der Waals surface area (Å²) in [6.45, 7) is 0. The Bertz CT molecular complexity index is 627. The molecule has 0 spiro atoms. The second kappa shape index (κ2) is 5.19. The lowest BCUT2D eigenvalue weighted by Gasteiger charge is -2.19. The molecule has 0 bridgehead atoms. The lowest BCUT2D eigenvalue weighted by atomic mass is 10.2. The van der Waals surface area contributed by atoms with E-state index in [2.05, 4.69) is 4.98 Å². The van der Waals surface area contributed by atoms with E-state index in [1.165, 1.54) is 0 Å². The van der Waals surface area contributed by atoms with Gasteiger partial charge in [-0.15, -0.1) is 0 Å². The molecule has 2 aromatic rings. The summed E-state index contributed by atoms with van der Waals surface area (Å²) in [4.78, 5) is 16.6. The van der Waals surface area contributed by atoms with Gasteiger partial charge in [0.2, 0.25) is 0 Å². The van der Waals surface area contributed by atoms with Crippen LogP contribution in [0.4, 0.5) is 11.4 Å². The maximum atomic E-state index is 10.8. The highest BCUT2D eigenvalue weighted by atomic mass is 16.4. The molecule has 0 unspecified atom stereocenters. The summed E-state index contributed by atoms with van der Waals surface area (Å²) < 4.78 is 0. The summed E-state index contributed by atoms with van der Waals surface area (Å²) in [5, 5.41) is 17.5. The third-order valence-corrected chi connectivity index (χ3v) is 2.75. The van der Waals surface area contributed by atoms with E-state index < -0.39 is 5.97 Å².